The molecule has 0 saturated carbocycles. The maximum Gasteiger partial charge on any atom is 0.233 e. The van der Waals surface area contributed by atoms with Gasteiger partial charge in [0, 0.05) is 19.6 Å². The number of benzene rings is 1. The molecule has 1 aromatic carbocycles. The van der Waals surface area contributed by atoms with Crippen molar-refractivity contribution in [2.45, 2.75) is 38.4 Å². The lowest BCUT2D eigenvalue weighted by Gasteiger charge is -2.30. The Morgan fingerprint density at radius 3 is 3.00 bits per heavy atom. The van der Waals surface area contributed by atoms with Crippen molar-refractivity contribution in [2.24, 2.45) is 5.92 Å². The Balaban J connectivity index is 1.69. The molecule has 2 heterocycles. The number of amides is 1. The van der Waals surface area contributed by atoms with E-state index in [9.17, 15) is 4.79 Å². The van der Waals surface area contributed by atoms with E-state index < -0.39 is 0 Å². The zero-order chi connectivity index (χ0) is 15.5. The van der Waals surface area contributed by atoms with Crippen molar-refractivity contribution in [3.63, 3.8) is 0 Å². The predicted octanol–water partition coefficient (Wildman–Crippen LogP) is 3.41. The van der Waals surface area contributed by atoms with Gasteiger partial charge in [-0.1, -0.05) is 30.8 Å². The summed E-state index contributed by atoms with van der Waals surface area (Å²) in [6.07, 6.45) is 2.37. The molecule has 1 atom stereocenters. The zero-order valence-electron chi connectivity index (χ0n) is 13.3. The number of carbonyl (C=O) groups is 1. The second-order valence-corrected chi connectivity index (χ2v) is 6.95. The molecule has 0 radical (unpaired) electrons. The lowest BCUT2D eigenvalue weighted by Crippen LogP contribution is -2.40. The highest BCUT2D eigenvalue weighted by atomic mass is 32.2. The van der Waals surface area contributed by atoms with Crippen molar-refractivity contribution < 1.29 is 4.79 Å². The molecule has 2 aromatic rings. The van der Waals surface area contributed by atoms with Crippen molar-refractivity contribution >= 4 is 28.7 Å². The number of fused-ring (bicyclic) bond motifs is 1. The number of hydrogen-bond donors (Lipinski definition) is 0. The van der Waals surface area contributed by atoms with Crippen LogP contribution in [0.15, 0.2) is 29.4 Å². The molecule has 3 rings (SSSR count). The molecular weight excluding hydrogens is 294 g/mol. The van der Waals surface area contributed by atoms with Gasteiger partial charge < -0.3 is 9.47 Å². The van der Waals surface area contributed by atoms with E-state index in [4.69, 9.17) is 0 Å². The van der Waals surface area contributed by atoms with Crippen LogP contribution in [0.2, 0.25) is 0 Å². The highest BCUT2D eigenvalue weighted by Gasteiger charge is 2.21. The number of likely N-dealkylation sites (tertiary alicyclic amines) is 1. The van der Waals surface area contributed by atoms with Gasteiger partial charge in [-0.05, 0) is 37.8 Å². The molecule has 22 heavy (non-hydrogen) atoms. The third-order valence-electron chi connectivity index (χ3n) is 4.27. The van der Waals surface area contributed by atoms with Gasteiger partial charge in [0.1, 0.15) is 0 Å². The number of para-hydroxylation sites is 2. The van der Waals surface area contributed by atoms with Crippen molar-refractivity contribution in [2.75, 3.05) is 18.8 Å². The normalized spacial score (nSPS) is 18.8. The number of rotatable bonds is 4. The van der Waals surface area contributed by atoms with Crippen molar-refractivity contribution in [1.29, 1.82) is 0 Å². The number of aromatic nitrogens is 2. The van der Waals surface area contributed by atoms with Crippen LogP contribution in [-0.4, -0.2) is 39.2 Å². The smallest absolute Gasteiger partial charge is 0.233 e. The molecule has 1 aliphatic rings. The molecule has 5 heteroatoms. The number of carbonyl (C=O) groups excluding carboxylic acids is 1. The van der Waals surface area contributed by atoms with Gasteiger partial charge in [-0.3, -0.25) is 4.79 Å². The van der Waals surface area contributed by atoms with E-state index in [0.717, 1.165) is 42.2 Å². The van der Waals surface area contributed by atoms with E-state index in [1.165, 1.54) is 6.42 Å². The van der Waals surface area contributed by atoms with E-state index >= 15 is 0 Å². The summed E-state index contributed by atoms with van der Waals surface area (Å²) in [6, 6.07) is 8.15. The average molecular weight is 317 g/mol. The van der Waals surface area contributed by atoms with Crippen molar-refractivity contribution in [1.82, 2.24) is 14.5 Å². The van der Waals surface area contributed by atoms with E-state index in [2.05, 4.69) is 29.5 Å². The third kappa shape index (κ3) is 3.14. The molecule has 0 N–H and O–H groups in total. The van der Waals surface area contributed by atoms with Crippen LogP contribution in [0.25, 0.3) is 11.0 Å². The van der Waals surface area contributed by atoms with Crippen molar-refractivity contribution in [3.05, 3.63) is 24.3 Å². The molecule has 1 saturated heterocycles. The first-order chi connectivity index (χ1) is 10.7. The first-order valence-electron chi connectivity index (χ1n) is 8.05. The molecule has 118 valence electrons. The fraction of sp³-hybridized carbons (Fsp3) is 0.529. The fourth-order valence-corrected chi connectivity index (χ4v) is 4.08. The maximum atomic E-state index is 12.4. The minimum absolute atomic E-state index is 0.242. The molecule has 1 unspecified atom stereocenters. The Bertz CT molecular complexity index is 667. The predicted molar refractivity (Wildman–Crippen MR) is 91.1 cm³/mol. The van der Waals surface area contributed by atoms with Crippen LogP contribution < -0.4 is 0 Å². The number of nitrogens with zero attached hydrogens (tertiary/aromatic N) is 3. The van der Waals surface area contributed by atoms with Gasteiger partial charge in [0.25, 0.3) is 0 Å². The minimum atomic E-state index is 0.242. The summed E-state index contributed by atoms with van der Waals surface area (Å²) < 4.78 is 2.19. The third-order valence-corrected chi connectivity index (χ3v) is 5.23. The topological polar surface area (TPSA) is 38.1 Å². The zero-order valence-corrected chi connectivity index (χ0v) is 14.1. The van der Waals surface area contributed by atoms with Gasteiger partial charge in [0.2, 0.25) is 5.91 Å². The largest absolute Gasteiger partial charge is 0.342 e. The van der Waals surface area contributed by atoms with Crippen molar-refractivity contribution in [3.8, 4) is 0 Å². The van der Waals surface area contributed by atoms with Gasteiger partial charge in [0.05, 0.1) is 16.8 Å². The summed E-state index contributed by atoms with van der Waals surface area (Å²) in [6.45, 7) is 7.03. The fourth-order valence-electron chi connectivity index (χ4n) is 3.10. The Kier molecular flexibility index (Phi) is 4.71. The molecule has 1 fully saturated rings. The first-order valence-corrected chi connectivity index (χ1v) is 9.03. The Labute approximate surface area is 135 Å². The van der Waals surface area contributed by atoms with Crippen LogP contribution in [0.1, 0.15) is 26.7 Å². The summed E-state index contributed by atoms with van der Waals surface area (Å²) in [5, 5.41) is 0.946. The standard InChI is InChI=1S/C17H23N3OS/c1-3-20-15-9-5-4-8-14(15)18-17(20)22-12-16(21)19-10-6-7-13(2)11-19/h4-5,8-9,13H,3,6-7,10-12H2,1-2H3. The molecule has 4 nitrogen and oxygen atoms in total. The van der Waals surface area contributed by atoms with Gasteiger partial charge in [-0.15, -0.1) is 0 Å². The van der Waals surface area contributed by atoms with Crippen LogP contribution in [-0.2, 0) is 11.3 Å². The highest BCUT2D eigenvalue weighted by Crippen LogP contribution is 2.25. The summed E-state index contributed by atoms with van der Waals surface area (Å²) >= 11 is 1.56. The van der Waals surface area contributed by atoms with Gasteiger partial charge in [0.15, 0.2) is 5.16 Å². The van der Waals surface area contributed by atoms with E-state index in [-0.39, 0.29) is 5.91 Å². The number of hydrogen-bond acceptors (Lipinski definition) is 3. The van der Waals surface area contributed by atoms with Gasteiger partial charge in [-0.25, -0.2) is 4.98 Å². The SMILES string of the molecule is CCn1c(SCC(=O)N2CCCC(C)C2)nc2ccccc21. The molecule has 1 aliphatic heterocycles. The van der Waals surface area contributed by atoms with E-state index in [0.29, 0.717) is 11.7 Å². The highest BCUT2D eigenvalue weighted by molar-refractivity contribution is 7.99. The summed E-state index contributed by atoms with van der Waals surface area (Å²) in [7, 11) is 0. The lowest BCUT2D eigenvalue weighted by molar-refractivity contribution is -0.130. The lowest BCUT2D eigenvalue weighted by atomic mass is 10.0. The molecule has 0 bridgehead atoms. The number of piperidine rings is 1. The summed E-state index contributed by atoms with van der Waals surface area (Å²) in [4.78, 5) is 19.1. The second-order valence-electron chi connectivity index (χ2n) is 6.00. The minimum Gasteiger partial charge on any atom is -0.342 e. The Morgan fingerprint density at radius 2 is 2.23 bits per heavy atom. The monoisotopic (exact) mass is 317 g/mol. The quantitative estimate of drug-likeness (QED) is 0.811. The van der Waals surface area contributed by atoms with Crippen LogP contribution in [0.3, 0.4) is 0 Å². The van der Waals surface area contributed by atoms with E-state index in [1.807, 2.05) is 23.1 Å². The average Bonchev–Trinajstić information content (AvgIpc) is 2.90. The first kappa shape index (κ1) is 15.4. The molecule has 0 aliphatic carbocycles. The van der Waals surface area contributed by atoms with Crippen LogP contribution in [0.5, 0.6) is 0 Å². The Hall–Kier alpha value is -1.49. The molecular formula is C17H23N3OS. The second kappa shape index (κ2) is 6.73. The summed E-state index contributed by atoms with van der Waals surface area (Å²) in [5.74, 6) is 1.35. The van der Waals surface area contributed by atoms with Crippen LogP contribution in [0.4, 0.5) is 0 Å². The van der Waals surface area contributed by atoms with Crippen LogP contribution >= 0.6 is 11.8 Å². The van der Waals surface area contributed by atoms with E-state index in [1.54, 1.807) is 11.8 Å². The number of thioether (sulfide) groups is 1. The molecule has 1 aromatic heterocycles. The summed E-state index contributed by atoms with van der Waals surface area (Å²) in [5.41, 5.74) is 2.15. The van der Waals surface area contributed by atoms with Gasteiger partial charge in [-0.2, -0.15) is 0 Å². The molecule has 1 amide bonds. The molecule has 0 spiro atoms. The maximum absolute atomic E-state index is 12.4. The van der Waals surface area contributed by atoms with Gasteiger partial charge >= 0.3 is 0 Å². The number of imidazole rings is 1. The number of aryl methyl sites for hydroxylation is 1. The van der Waals surface area contributed by atoms with Crippen LogP contribution in [0, 0.1) is 5.92 Å². The Morgan fingerprint density at radius 1 is 1.41 bits per heavy atom.